The fourth-order valence-corrected chi connectivity index (χ4v) is 2.00. The van der Waals surface area contributed by atoms with Crippen LogP contribution < -0.4 is 5.32 Å². The van der Waals surface area contributed by atoms with Gasteiger partial charge >= 0.3 is 0 Å². The summed E-state index contributed by atoms with van der Waals surface area (Å²) in [5.41, 5.74) is 2.34. The summed E-state index contributed by atoms with van der Waals surface area (Å²) in [6.45, 7) is 6.99. The average Bonchev–Trinajstić information content (AvgIpc) is 2.45. The average molecular weight is 268 g/mol. The van der Waals surface area contributed by atoms with E-state index in [-0.39, 0.29) is 5.78 Å². The van der Waals surface area contributed by atoms with E-state index in [1.807, 2.05) is 37.3 Å². The second-order valence-electron chi connectivity index (χ2n) is 5.32. The Labute approximate surface area is 120 Å². The first-order chi connectivity index (χ1) is 9.59. The van der Waals surface area contributed by atoms with E-state index in [1.165, 1.54) is 0 Å². The van der Waals surface area contributed by atoms with Crippen LogP contribution in [0.3, 0.4) is 0 Å². The number of carbonyl (C=O) groups is 1. The zero-order chi connectivity index (χ0) is 14.5. The van der Waals surface area contributed by atoms with Crippen LogP contribution in [0.15, 0.2) is 42.6 Å². The van der Waals surface area contributed by atoms with Crippen LogP contribution in [0, 0.1) is 12.8 Å². The van der Waals surface area contributed by atoms with Gasteiger partial charge in [0, 0.05) is 18.3 Å². The Morgan fingerprint density at radius 3 is 2.55 bits per heavy atom. The standard InChI is InChI=1S/C17H20N2O/c1-12(2)11-19-17-15(9-6-10-18-17)16(20)14-8-5-4-7-13(14)3/h4-10,12H,11H2,1-3H3,(H,18,19). The molecule has 0 bridgehead atoms. The molecule has 0 aliphatic heterocycles. The largest absolute Gasteiger partial charge is 0.369 e. The molecule has 3 nitrogen and oxygen atoms in total. The number of aromatic nitrogens is 1. The highest BCUT2D eigenvalue weighted by Crippen LogP contribution is 2.19. The van der Waals surface area contributed by atoms with Gasteiger partial charge in [0.1, 0.15) is 5.82 Å². The third kappa shape index (κ3) is 3.23. The first-order valence-electron chi connectivity index (χ1n) is 6.89. The molecule has 1 aromatic carbocycles. The molecule has 104 valence electrons. The summed E-state index contributed by atoms with van der Waals surface area (Å²) in [6.07, 6.45) is 1.71. The maximum absolute atomic E-state index is 12.7. The number of nitrogens with zero attached hydrogens (tertiary/aromatic N) is 1. The van der Waals surface area contributed by atoms with E-state index < -0.39 is 0 Å². The van der Waals surface area contributed by atoms with Gasteiger partial charge in [-0.15, -0.1) is 0 Å². The van der Waals surface area contributed by atoms with Crippen molar-refractivity contribution < 1.29 is 4.79 Å². The highest BCUT2D eigenvalue weighted by Gasteiger charge is 2.15. The highest BCUT2D eigenvalue weighted by molar-refractivity contribution is 6.12. The minimum absolute atomic E-state index is 0.0162. The summed E-state index contributed by atoms with van der Waals surface area (Å²) in [5.74, 6) is 1.18. The molecule has 0 radical (unpaired) electrons. The lowest BCUT2D eigenvalue weighted by atomic mass is 9.99. The fraction of sp³-hybridized carbons (Fsp3) is 0.294. The van der Waals surface area contributed by atoms with E-state index in [2.05, 4.69) is 24.1 Å². The van der Waals surface area contributed by atoms with E-state index in [9.17, 15) is 4.79 Å². The molecular weight excluding hydrogens is 248 g/mol. The normalized spacial score (nSPS) is 10.6. The molecule has 1 N–H and O–H groups in total. The van der Waals surface area contributed by atoms with Gasteiger partial charge in [0.15, 0.2) is 5.78 Å². The number of hydrogen-bond donors (Lipinski definition) is 1. The minimum Gasteiger partial charge on any atom is -0.369 e. The summed E-state index contributed by atoms with van der Waals surface area (Å²) in [5, 5.41) is 3.25. The van der Waals surface area contributed by atoms with Crippen molar-refractivity contribution in [3.8, 4) is 0 Å². The van der Waals surface area contributed by atoms with E-state index in [1.54, 1.807) is 12.3 Å². The molecule has 1 aromatic heterocycles. The smallest absolute Gasteiger partial charge is 0.196 e. The molecule has 2 aromatic rings. The predicted octanol–water partition coefficient (Wildman–Crippen LogP) is 3.69. The van der Waals surface area contributed by atoms with Crippen LogP contribution in [0.2, 0.25) is 0 Å². The van der Waals surface area contributed by atoms with Crippen LogP contribution >= 0.6 is 0 Å². The molecule has 0 aliphatic carbocycles. The predicted molar refractivity (Wildman–Crippen MR) is 82.2 cm³/mol. The number of benzene rings is 1. The molecule has 20 heavy (non-hydrogen) atoms. The molecule has 0 unspecified atom stereocenters. The zero-order valence-electron chi connectivity index (χ0n) is 12.2. The molecule has 2 rings (SSSR count). The second kappa shape index (κ2) is 6.33. The van der Waals surface area contributed by atoms with Gasteiger partial charge in [0.25, 0.3) is 0 Å². The topological polar surface area (TPSA) is 42.0 Å². The molecule has 0 fully saturated rings. The van der Waals surface area contributed by atoms with Crippen LogP contribution in [-0.4, -0.2) is 17.3 Å². The maximum Gasteiger partial charge on any atom is 0.196 e. The van der Waals surface area contributed by atoms with Gasteiger partial charge in [-0.25, -0.2) is 4.98 Å². The third-order valence-electron chi connectivity index (χ3n) is 3.12. The summed E-state index contributed by atoms with van der Waals surface area (Å²) < 4.78 is 0. The van der Waals surface area contributed by atoms with Crippen molar-refractivity contribution in [2.45, 2.75) is 20.8 Å². The number of hydrogen-bond acceptors (Lipinski definition) is 3. The number of anilines is 1. The van der Waals surface area contributed by atoms with Crippen molar-refractivity contribution >= 4 is 11.6 Å². The van der Waals surface area contributed by atoms with E-state index >= 15 is 0 Å². The number of nitrogens with one attached hydrogen (secondary N) is 1. The Bertz CT molecular complexity index is 605. The second-order valence-corrected chi connectivity index (χ2v) is 5.32. The molecule has 0 saturated heterocycles. The van der Waals surface area contributed by atoms with Crippen molar-refractivity contribution in [1.29, 1.82) is 0 Å². The van der Waals surface area contributed by atoms with Crippen molar-refractivity contribution in [3.63, 3.8) is 0 Å². The van der Waals surface area contributed by atoms with Gasteiger partial charge in [0.2, 0.25) is 0 Å². The van der Waals surface area contributed by atoms with Gasteiger partial charge < -0.3 is 5.32 Å². The Morgan fingerprint density at radius 1 is 1.15 bits per heavy atom. The van der Waals surface area contributed by atoms with Gasteiger partial charge in [-0.05, 0) is 30.5 Å². The lowest BCUT2D eigenvalue weighted by Gasteiger charge is -2.12. The number of aryl methyl sites for hydroxylation is 1. The highest BCUT2D eigenvalue weighted by atomic mass is 16.1. The van der Waals surface area contributed by atoms with Crippen molar-refractivity contribution in [2.24, 2.45) is 5.92 Å². The monoisotopic (exact) mass is 268 g/mol. The summed E-state index contributed by atoms with van der Waals surface area (Å²) >= 11 is 0. The summed E-state index contributed by atoms with van der Waals surface area (Å²) in [4.78, 5) is 16.9. The van der Waals surface area contributed by atoms with Crippen molar-refractivity contribution in [3.05, 3.63) is 59.3 Å². The van der Waals surface area contributed by atoms with Gasteiger partial charge in [-0.1, -0.05) is 38.1 Å². The molecule has 0 saturated carbocycles. The lowest BCUT2D eigenvalue weighted by Crippen LogP contribution is -2.14. The molecule has 0 aliphatic rings. The molecule has 0 spiro atoms. The van der Waals surface area contributed by atoms with Gasteiger partial charge in [0.05, 0.1) is 5.56 Å². The number of ketones is 1. The summed E-state index contributed by atoms with van der Waals surface area (Å²) in [7, 11) is 0. The fourth-order valence-electron chi connectivity index (χ4n) is 2.00. The zero-order valence-corrected chi connectivity index (χ0v) is 12.2. The minimum atomic E-state index is 0.0162. The molecule has 3 heteroatoms. The number of rotatable bonds is 5. The van der Waals surface area contributed by atoms with Crippen LogP contribution in [0.5, 0.6) is 0 Å². The Morgan fingerprint density at radius 2 is 1.85 bits per heavy atom. The quantitative estimate of drug-likeness (QED) is 0.841. The lowest BCUT2D eigenvalue weighted by molar-refractivity contribution is 0.103. The molecular formula is C17H20N2O. The van der Waals surface area contributed by atoms with Crippen LogP contribution in [0.25, 0.3) is 0 Å². The van der Waals surface area contributed by atoms with E-state index in [0.717, 1.165) is 17.7 Å². The van der Waals surface area contributed by atoms with Gasteiger partial charge in [-0.3, -0.25) is 4.79 Å². The summed E-state index contributed by atoms with van der Waals surface area (Å²) in [6, 6.07) is 11.3. The van der Waals surface area contributed by atoms with Crippen LogP contribution in [0.4, 0.5) is 5.82 Å². The number of carbonyl (C=O) groups excluding carboxylic acids is 1. The Kier molecular flexibility index (Phi) is 4.51. The molecule has 1 heterocycles. The molecule has 0 atom stereocenters. The molecule has 0 amide bonds. The first-order valence-corrected chi connectivity index (χ1v) is 6.89. The van der Waals surface area contributed by atoms with Crippen molar-refractivity contribution in [1.82, 2.24) is 4.98 Å². The van der Waals surface area contributed by atoms with Crippen LogP contribution in [-0.2, 0) is 0 Å². The van der Waals surface area contributed by atoms with E-state index in [4.69, 9.17) is 0 Å². The Hall–Kier alpha value is -2.16. The third-order valence-corrected chi connectivity index (χ3v) is 3.12. The van der Waals surface area contributed by atoms with Gasteiger partial charge in [-0.2, -0.15) is 0 Å². The van der Waals surface area contributed by atoms with E-state index in [0.29, 0.717) is 17.3 Å². The van der Waals surface area contributed by atoms with Crippen molar-refractivity contribution in [2.75, 3.05) is 11.9 Å². The van der Waals surface area contributed by atoms with Crippen LogP contribution in [0.1, 0.15) is 35.3 Å². The first kappa shape index (κ1) is 14.3. The Balaban J connectivity index is 2.33. The maximum atomic E-state index is 12.7. The SMILES string of the molecule is Cc1ccccc1C(=O)c1cccnc1NCC(C)C. The number of pyridine rings is 1.